The monoisotopic (exact) mass is 458 g/mol. The van der Waals surface area contributed by atoms with Crippen LogP contribution in [0.3, 0.4) is 0 Å². The molecule has 0 atom stereocenters. The molecule has 0 N–H and O–H groups in total. The number of alkyl halides is 3. The predicted octanol–water partition coefficient (Wildman–Crippen LogP) is 2.87. The maximum atomic E-state index is 12.9. The van der Waals surface area contributed by atoms with Gasteiger partial charge in [0.25, 0.3) is 5.91 Å². The van der Waals surface area contributed by atoms with Crippen molar-refractivity contribution in [2.45, 2.75) is 11.1 Å². The highest BCUT2D eigenvalue weighted by atomic mass is 32.2. The molecule has 0 radical (unpaired) electrons. The van der Waals surface area contributed by atoms with E-state index in [1.165, 1.54) is 19.1 Å². The molecule has 11 heteroatoms. The first-order valence-electron chi connectivity index (χ1n) is 9.26. The number of amides is 1. The van der Waals surface area contributed by atoms with E-state index in [0.29, 0.717) is 17.1 Å². The molecule has 0 bridgehead atoms. The molecular formula is C20H21F3N2O5S. The van der Waals surface area contributed by atoms with Gasteiger partial charge in [-0.3, -0.25) is 4.79 Å². The first-order chi connectivity index (χ1) is 14.6. The molecule has 7 nitrogen and oxygen atoms in total. The highest BCUT2D eigenvalue weighted by Crippen LogP contribution is 2.31. The van der Waals surface area contributed by atoms with Crippen molar-refractivity contribution in [3.63, 3.8) is 0 Å². The van der Waals surface area contributed by atoms with Gasteiger partial charge >= 0.3 is 6.18 Å². The van der Waals surface area contributed by atoms with Crippen LogP contribution in [0.15, 0.2) is 47.4 Å². The number of nitrogens with zero attached hydrogens (tertiary/aromatic N) is 2. The zero-order chi connectivity index (χ0) is 22.8. The summed E-state index contributed by atoms with van der Waals surface area (Å²) in [5.74, 6) is 0.552. The van der Waals surface area contributed by atoms with Gasteiger partial charge in [-0.2, -0.15) is 17.5 Å². The number of carbonyl (C=O) groups excluding carboxylic acids is 1. The van der Waals surface area contributed by atoms with E-state index >= 15 is 0 Å². The largest absolute Gasteiger partial charge is 0.497 e. The van der Waals surface area contributed by atoms with Crippen LogP contribution in [-0.4, -0.2) is 63.9 Å². The van der Waals surface area contributed by atoms with E-state index < -0.39 is 21.8 Å². The summed E-state index contributed by atoms with van der Waals surface area (Å²) in [6.07, 6.45) is -4.54. The van der Waals surface area contributed by atoms with Crippen LogP contribution in [-0.2, 0) is 16.2 Å². The summed E-state index contributed by atoms with van der Waals surface area (Å²) in [6, 6.07) is 8.14. The first kappa shape index (κ1) is 22.9. The molecule has 0 unspecified atom stereocenters. The summed E-state index contributed by atoms with van der Waals surface area (Å²) in [4.78, 5) is 14.1. The Kier molecular flexibility index (Phi) is 6.46. The number of halogens is 3. The lowest BCUT2D eigenvalue weighted by atomic mass is 10.1. The normalized spacial score (nSPS) is 15.6. The van der Waals surface area contributed by atoms with Gasteiger partial charge in [0.15, 0.2) is 0 Å². The Balaban J connectivity index is 1.71. The third-order valence-corrected chi connectivity index (χ3v) is 6.90. The minimum absolute atomic E-state index is 0.0214. The highest BCUT2D eigenvalue weighted by Gasteiger charge is 2.33. The zero-order valence-corrected chi connectivity index (χ0v) is 17.7. The van der Waals surface area contributed by atoms with Gasteiger partial charge in [0.2, 0.25) is 10.0 Å². The average molecular weight is 458 g/mol. The van der Waals surface area contributed by atoms with Crippen LogP contribution in [0.25, 0.3) is 0 Å². The Morgan fingerprint density at radius 2 is 1.55 bits per heavy atom. The van der Waals surface area contributed by atoms with Crippen molar-refractivity contribution in [2.24, 2.45) is 0 Å². The molecule has 1 fully saturated rings. The Morgan fingerprint density at radius 3 is 2.06 bits per heavy atom. The van der Waals surface area contributed by atoms with E-state index in [2.05, 4.69) is 0 Å². The number of piperazine rings is 1. The maximum Gasteiger partial charge on any atom is 0.416 e. The SMILES string of the molecule is COc1ccc(C(=O)N2CCN(S(=O)(=O)c3ccc(C(F)(F)F)cc3)CC2)c(OC)c1. The van der Waals surface area contributed by atoms with Crippen LogP contribution in [0.1, 0.15) is 15.9 Å². The quantitative estimate of drug-likeness (QED) is 0.689. The van der Waals surface area contributed by atoms with Gasteiger partial charge in [0.1, 0.15) is 11.5 Å². The molecule has 1 aliphatic rings. The van der Waals surface area contributed by atoms with Crippen molar-refractivity contribution in [1.29, 1.82) is 0 Å². The van der Waals surface area contributed by atoms with Crippen LogP contribution >= 0.6 is 0 Å². The molecule has 1 amide bonds. The van der Waals surface area contributed by atoms with Gasteiger partial charge in [-0.05, 0) is 36.4 Å². The molecule has 1 heterocycles. The summed E-state index contributed by atoms with van der Waals surface area (Å²) in [5.41, 5.74) is -0.599. The summed E-state index contributed by atoms with van der Waals surface area (Å²) in [6.45, 7) is 0.308. The fourth-order valence-electron chi connectivity index (χ4n) is 3.24. The number of hydrogen-bond acceptors (Lipinski definition) is 5. The maximum absolute atomic E-state index is 12.9. The summed E-state index contributed by atoms with van der Waals surface area (Å²) in [7, 11) is -1.05. The van der Waals surface area contributed by atoms with E-state index in [4.69, 9.17) is 9.47 Å². The molecule has 31 heavy (non-hydrogen) atoms. The van der Waals surface area contributed by atoms with Crippen LogP contribution in [0.5, 0.6) is 11.5 Å². The molecule has 1 saturated heterocycles. The lowest BCUT2D eigenvalue weighted by molar-refractivity contribution is -0.137. The van der Waals surface area contributed by atoms with Crippen molar-refractivity contribution in [3.8, 4) is 11.5 Å². The zero-order valence-electron chi connectivity index (χ0n) is 16.8. The third kappa shape index (κ3) is 4.77. The van der Waals surface area contributed by atoms with Crippen LogP contribution < -0.4 is 9.47 Å². The highest BCUT2D eigenvalue weighted by molar-refractivity contribution is 7.89. The second-order valence-corrected chi connectivity index (χ2v) is 8.72. The molecule has 0 spiro atoms. The number of rotatable bonds is 5. The van der Waals surface area contributed by atoms with Crippen LogP contribution in [0, 0.1) is 0 Å². The number of ether oxygens (including phenoxy) is 2. The van der Waals surface area contributed by atoms with Crippen molar-refractivity contribution in [2.75, 3.05) is 40.4 Å². The van der Waals surface area contributed by atoms with Crippen molar-refractivity contribution in [1.82, 2.24) is 9.21 Å². The lowest BCUT2D eigenvalue weighted by Gasteiger charge is -2.34. The van der Waals surface area contributed by atoms with Crippen LogP contribution in [0.4, 0.5) is 13.2 Å². The Bertz CT molecular complexity index is 1050. The minimum Gasteiger partial charge on any atom is -0.497 e. The molecule has 0 aromatic heterocycles. The lowest BCUT2D eigenvalue weighted by Crippen LogP contribution is -2.50. The molecule has 0 saturated carbocycles. The Hall–Kier alpha value is -2.79. The van der Waals surface area contributed by atoms with Crippen molar-refractivity contribution < 1.29 is 35.9 Å². The number of benzene rings is 2. The third-order valence-electron chi connectivity index (χ3n) is 4.98. The molecule has 2 aromatic rings. The number of carbonyl (C=O) groups is 1. The fraction of sp³-hybridized carbons (Fsp3) is 0.350. The van der Waals surface area contributed by atoms with Crippen LogP contribution in [0.2, 0.25) is 0 Å². The molecule has 168 valence electrons. The van der Waals surface area contributed by atoms with Gasteiger partial charge in [0, 0.05) is 32.2 Å². The molecule has 1 aliphatic heterocycles. The van der Waals surface area contributed by atoms with E-state index in [0.717, 1.165) is 28.6 Å². The van der Waals surface area contributed by atoms with E-state index in [1.54, 1.807) is 18.2 Å². The van der Waals surface area contributed by atoms with Gasteiger partial charge < -0.3 is 14.4 Å². The first-order valence-corrected chi connectivity index (χ1v) is 10.7. The Morgan fingerprint density at radius 1 is 0.935 bits per heavy atom. The minimum atomic E-state index is -4.54. The van der Waals surface area contributed by atoms with Gasteiger partial charge in [-0.25, -0.2) is 8.42 Å². The van der Waals surface area contributed by atoms with Gasteiger partial charge in [-0.1, -0.05) is 0 Å². The molecule has 2 aromatic carbocycles. The van der Waals surface area contributed by atoms with E-state index in [9.17, 15) is 26.4 Å². The molecule has 3 rings (SSSR count). The Labute approximate surface area is 178 Å². The summed E-state index contributed by atoms with van der Waals surface area (Å²) < 4.78 is 75.2. The van der Waals surface area contributed by atoms with Crippen molar-refractivity contribution >= 4 is 15.9 Å². The second kappa shape index (κ2) is 8.75. The number of sulfonamides is 1. The van der Waals surface area contributed by atoms with Crippen molar-refractivity contribution in [3.05, 3.63) is 53.6 Å². The van der Waals surface area contributed by atoms with E-state index in [-0.39, 0.29) is 37.0 Å². The standard InChI is InChI=1S/C20H21F3N2O5S/c1-29-15-5-8-17(18(13-15)30-2)19(26)24-9-11-25(12-10-24)31(27,28)16-6-3-14(4-7-16)20(21,22)23/h3-8,13H,9-12H2,1-2H3. The smallest absolute Gasteiger partial charge is 0.416 e. The predicted molar refractivity (Wildman–Crippen MR) is 106 cm³/mol. The topological polar surface area (TPSA) is 76.2 Å². The fourth-order valence-corrected chi connectivity index (χ4v) is 4.66. The molecular weight excluding hydrogens is 437 g/mol. The molecule has 0 aliphatic carbocycles. The second-order valence-electron chi connectivity index (χ2n) is 6.78. The van der Waals surface area contributed by atoms with E-state index in [1.807, 2.05) is 0 Å². The summed E-state index contributed by atoms with van der Waals surface area (Å²) in [5, 5.41) is 0. The van der Waals surface area contributed by atoms with Gasteiger partial charge in [-0.15, -0.1) is 0 Å². The number of methoxy groups -OCH3 is 2. The van der Waals surface area contributed by atoms with Gasteiger partial charge in [0.05, 0.1) is 30.2 Å². The summed E-state index contributed by atoms with van der Waals surface area (Å²) >= 11 is 0. The number of hydrogen-bond donors (Lipinski definition) is 0. The average Bonchev–Trinajstić information content (AvgIpc) is 2.77.